The average Bonchev–Trinajstić information content (AvgIpc) is 3.86. The van der Waals surface area contributed by atoms with Crippen LogP contribution in [-0.4, -0.2) is 136 Å². The number of imidazole rings is 2. The van der Waals surface area contributed by atoms with E-state index in [0.717, 1.165) is 0 Å². The Hall–Kier alpha value is -3.64. The normalized spacial score (nSPS) is 28.8. The third-order valence-electron chi connectivity index (χ3n) is 8.70. The van der Waals surface area contributed by atoms with E-state index in [9.17, 15) is 52.6 Å². The summed E-state index contributed by atoms with van der Waals surface area (Å²) < 4.78 is 94.3. The molecule has 0 saturated carbocycles. The Labute approximate surface area is 321 Å². The number of nitrogens with two attached hydrogens (primary N) is 2. The molecule has 0 spiro atoms. The molecule has 33 heteroatoms. The van der Waals surface area contributed by atoms with Gasteiger partial charge >= 0.3 is 34.8 Å². The van der Waals surface area contributed by atoms with Crippen molar-refractivity contribution in [3.05, 3.63) is 33.4 Å². The molecule has 0 aliphatic carbocycles. The second-order valence-corrected chi connectivity index (χ2v) is 16.7. The molecule has 0 bridgehead atoms. The van der Waals surface area contributed by atoms with Crippen molar-refractivity contribution in [2.45, 2.75) is 55.2 Å². The van der Waals surface area contributed by atoms with Gasteiger partial charge in [-0.3, -0.25) is 56.6 Å². The van der Waals surface area contributed by atoms with Crippen molar-refractivity contribution >= 4 is 57.8 Å². The number of nitrogen functional groups attached to an aromatic ring is 2. The van der Waals surface area contributed by atoms with Crippen LogP contribution in [0.25, 0.3) is 22.3 Å². The molecule has 6 unspecified atom stereocenters. The van der Waals surface area contributed by atoms with Gasteiger partial charge in [-0.15, -0.1) is 4.20 Å². The molecule has 6 heterocycles. The average molecular weight is 895 g/mol. The van der Waals surface area contributed by atoms with Gasteiger partial charge in [0.25, 0.3) is 23.0 Å². The van der Waals surface area contributed by atoms with E-state index in [1.165, 1.54) is 40.5 Å². The van der Waals surface area contributed by atoms with Gasteiger partial charge in [0.15, 0.2) is 12.7 Å². The van der Waals surface area contributed by atoms with Gasteiger partial charge in [-0.25, -0.2) is 22.8 Å². The zero-order valence-electron chi connectivity index (χ0n) is 29.8. The fourth-order valence-electron chi connectivity index (χ4n) is 6.13. The number of anilines is 2. The highest BCUT2D eigenvalue weighted by Crippen LogP contribution is 2.50. The fourth-order valence-corrected chi connectivity index (χ4v) is 8.15. The van der Waals surface area contributed by atoms with E-state index in [-0.39, 0.29) is 34.2 Å². The summed E-state index contributed by atoms with van der Waals surface area (Å²) >= 11 is 0. The van der Waals surface area contributed by atoms with Gasteiger partial charge < -0.3 is 50.8 Å². The van der Waals surface area contributed by atoms with Crippen LogP contribution in [0.3, 0.4) is 0 Å². The number of H-pyrrole nitrogens is 3. The van der Waals surface area contributed by atoms with Gasteiger partial charge in [0, 0.05) is 7.11 Å². The molecule has 58 heavy (non-hydrogen) atoms. The number of fused-ring (bicyclic) bond motifs is 2. The highest BCUT2D eigenvalue weighted by atomic mass is 31.2. The molecule has 2 aliphatic heterocycles. The molecule has 13 N–H and O–H groups in total. The van der Waals surface area contributed by atoms with Gasteiger partial charge in [-0.2, -0.15) is 0 Å². The zero-order valence-corrected chi connectivity index (χ0v) is 32.5. The molecule has 0 aromatic carbocycles. The Balaban J connectivity index is 1.03. The second-order valence-electron chi connectivity index (χ2n) is 12.7. The number of methoxy groups -OCH3 is 1. The smallest absolute Gasteiger partial charge is 0.387 e. The topological polar surface area (TPSA) is 418 Å². The molecular formula is C25H38FN10O19P3+2. The summed E-state index contributed by atoms with van der Waals surface area (Å²) in [7, 11) is -13.7. The standard InChI is InChI=1S/C25H36FN10O19P3/c1-34-8-36(19-13(34)21(41)33-25(28)31-19)22-16(39)14(37)10(53-22)5-51-57(44,45)49-3-9(55-56(26,42)43)4-50-58(46,47)52-6-11-15(38)17(48-2)23(54-11)35-7-29-12-18(35)30-24(27)32-20(12)40/h7-11,14-17,22-23,37-39H,3-6H2,1-2H3,(H8-,27,28,30,31,32,33,40,41,42,43,44,45,46,47)/p+2/t9?,10?,11?,14-,15-,16-,17-,22-,23-/m1/s1. The van der Waals surface area contributed by atoms with Crippen molar-refractivity contribution < 1.29 is 93.9 Å². The first-order valence-electron chi connectivity index (χ1n) is 16.4. The minimum Gasteiger partial charge on any atom is -0.387 e. The van der Waals surface area contributed by atoms with Crippen molar-refractivity contribution in [3.8, 4) is 0 Å². The molecule has 2 saturated heterocycles. The monoisotopic (exact) mass is 894 g/mol. The van der Waals surface area contributed by atoms with Crippen molar-refractivity contribution in [1.82, 2.24) is 29.5 Å². The van der Waals surface area contributed by atoms with E-state index in [4.69, 9.17) is 48.7 Å². The van der Waals surface area contributed by atoms with Crippen LogP contribution in [0.5, 0.6) is 0 Å². The molecule has 322 valence electrons. The van der Waals surface area contributed by atoms with Gasteiger partial charge in [0.05, 0.1) is 33.5 Å². The number of nitrogens with one attached hydrogen (secondary N) is 3. The molecule has 29 nitrogen and oxygen atoms in total. The summed E-state index contributed by atoms with van der Waals surface area (Å²) in [5, 5.41) is 32.1. The first-order valence-corrected chi connectivity index (χ1v) is 20.9. The molecule has 0 amide bonds. The van der Waals surface area contributed by atoms with Crippen molar-refractivity contribution in [1.29, 1.82) is 0 Å². The number of phosphoric acid groups is 2. The van der Waals surface area contributed by atoms with E-state index in [2.05, 4.69) is 29.4 Å². The summed E-state index contributed by atoms with van der Waals surface area (Å²) in [6.45, 7) is -4.37. The number of nitrogens with zero attached hydrogens (tertiary/aromatic N) is 5. The number of hydrogen-bond acceptors (Lipinski definition) is 20. The SMILES string of the molecule is CO[C@@H]1[C@H](O)C(COP(=O)(O)OCC(COP(=O)(O)OCC2O[C@@H]([n+]3cn(C)c4c(=O)[nH]c(N)nc43)[C@H](O)[C@@H]2O)OP(=O)(O)F)O[C@H]1[n+]1c[nH]c2c(=O)[nH]c(N)nc21. The van der Waals surface area contributed by atoms with Crippen LogP contribution < -0.4 is 31.7 Å². The summed E-state index contributed by atoms with van der Waals surface area (Å²) in [5.74, 6) is -0.503. The van der Waals surface area contributed by atoms with Crippen molar-refractivity contribution in [2.24, 2.45) is 7.05 Å². The zero-order chi connectivity index (χ0) is 42.5. The number of aromatic amines is 3. The molecule has 6 rings (SSSR count). The number of aromatic nitrogens is 8. The van der Waals surface area contributed by atoms with Crippen LogP contribution >= 0.6 is 23.6 Å². The minimum absolute atomic E-state index is 0.00249. The predicted octanol–water partition coefficient (Wildman–Crippen LogP) is -4.12. The van der Waals surface area contributed by atoms with E-state index < -0.39 is 116 Å². The van der Waals surface area contributed by atoms with Crippen LogP contribution in [0.15, 0.2) is 22.2 Å². The van der Waals surface area contributed by atoms with Crippen LogP contribution in [0.4, 0.5) is 16.1 Å². The number of aryl methyl sites for hydroxylation is 1. The van der Waals surface area contributed by atoms with Crippen LogP contribution in [-0.2, 0) is 57.6 Å². The molecular weight excluding hydrogens is 856 g/mol. The van der Waals surface area contributed by atoms with Crippen LogP contribution in [0.1, 0.15) is 12.5 Å². The summed E-state index contributed by atoms with van der Waals surface area (Å²) in [5.41, 5.74) is 10.0. The summed E-state index contributed by atoms with van der Waals surface area (Å²) in [6.07, 6.45) is -11.2. The lowest BCUT2D eigenvalue weighted by atomic mass is 10.1. The number of hydrogen-bond donors (Lipinski definition) is 11. The van der Waals surface area contributed by atoms with Crippen LogP contribution in [0.2, 0.25) is 0 Å². The van der Waals surface area contributed by atoms with E-state index >= 15 is 0 Å². The Bertz CT molecular complexity index is 2410. The fraction of sp³-hybridized carbons (Fsp3) is 0.600. The maximum atomic E-state index is 13.7. The summed E-state index contributed by atoms with van der Waals surface area (Å²) in [4.78, 5) is 69.6. The number of phosphoric ester groups is 2. The minimum atomic E-state index is -5.91. The van der Waals surface area contributed by atoms with Crippen LogP contribution in [0, 0.1) is 0 Å². The van der Waals surface area contributed by atoms with Crippen molar-refractivity contribution in [2.75, 3.05) is 45.0 Å². The van der Waals surface area contributed by atoms with Gasteiger partial charge in [0.2, 0.25) is 23.5 Å². The number of rotatable bonds is 17. The lowest BCUT2D eigenvalue weighted by Crippen LogP contribution is -2.46. The second kappa shape index (κ2) is 16.8. The number of ether oxygens (including phenoxy) is 3. The molecule has 4 aromatic heterocycles. The molecule has 2 fully saturated rings. The lowest BCUT2D eigenvalue weighted by Gasteiger charge is -2.22. The highest BCUT2D eigenvalue weighted by molar-refractivity contribution is 7.48. The molecule has 12 atom stereocenters. The summed E-state index contributed by atoms with van der Waals surface area (Å²) in [6, 6.07) is 0. The molecule has 0 radical (unpaired) electrons. The Morgan fingerprint density at radius 1 is 0.862 bits per heavy atom. The van der Waals surface area contributed by atoms with Gasteiger partial charge in [-0.1, -0.05) is 9.97 Å². The number of halogens is 1. The van der Waals surface area contributed by atoms with E-state index in [1.807, 2.05) is 0 Å². The van der Waals surface area contributed by atoms with Crippen molar-refractivity contribution in [3.63, 3.8) is 0 Å². The molecule has 4 aromatic rings. The largest absolute Gasteiger partial charge is 0.510 e. The number of aliphatic hydroxyl groups is 3. The third-order valence-corrected chi connectivity index (χ3v) is 11.2. The molecule has 2 aliphatic rings. The number of aliphatic hydroxyl groups excluding tert-OH is 3. The van der Waals surface area contributed by atoms with Gasteiger partial charge in [0.1, 0.15) is 42.7 Å². The van der Waals surface area contributed by atoms with E-state index in [0.29, 0.717) is 0 Å². The first-order chi connectivity index (χ1) is 27.1. The maximum absolute atomic E-state index is 13.7. The quantitative estimate of drug-likeness (QED) is 0.0354. The maximum Gasteiger partial charge on any atom is 0.510 e. The Kier molecular flexibility index (Phi) is 12.7. The van der Waals surface area contributed by atoms with E-state index in [1.54, 1.807) is 0 Å². The Morgan fingerprint density at radius 2 is 1.41 bits per heavy atom. The lowest BCUT2D eigenvalue weighted by molar-refractivity contribution is -0.746. The van der Waals surface area contributed by atoms with Gasteiger partial charge in [-0.05, 0) is 0 Å². The highest BCUT2D eigenvalue weighted by Gasteiger charge is 2.50. The first kappa shape index (κ1) is 43.9. The Morgan fingerprint density at radius 3 is 2.00 bits per heavy atom. The third kappa shape index (κ3) is 9.53. The predicted molar refractivity (Wildman–Crippen MR) is 183 cm³/mol.